The molecule has 0 amide bonds. The molecule has 2 rings (SSSR count). The molecule has 3 heteroatoms. The van der Waals surface area contributed by atoms with Crippen LogP contribution in [0.1, 0.15) is 6.92 Å². The zero-order chi connectivity index (χ0) is 11.5. The molecular formula is C13H14N2O. The van der Waals surface area contributed by atoms with E-state index in [4.69, 9.17) is 15.9 Å². The van der Waals surface area contributed by atoms with Crippen LogP contribution in [0.4, 0.5) is 0 Å². The van der Waals surface area contributed by atoms with Gasteiger partial charge in [-0.05, 0) is 29.8 Å². The molecule has 0 aromatic heterocycles. The van der Waals surface area contributed by atoms with Gasteiger partial charge in [-0.2, -0.15) is 0 Å². The van der Waals surface area contributed by atoms with Crippen LogP contribution in [0.5, 0.6) is 5.75 Å². The van der Waals surface area contributed by atoms with Crippen molar-refractivity contribution in [2.75, 3.05) is 0 Å². The quantitative estimate of drug-likeness (QED) is 0.609. The number of hydrogen-bond acceptors (Lipinski definition) is 2. The van der Waals surface area contributed by atoms with Gasteiger partial charge >= 0.3 is 0 Å². The maximum absolute atomic E-state index is 7.27. The number of ether oxygens (including phenoxy) is 1. The van der Waals surface area contributed by atoms with E-state index in [0.29, 0.717) is 0 Å². The molecule has 2 aromatic rings. The highest BCUT2D eigenvalue weighted by Gasteiger charge is 2.06. The topological polar surface area (TPSA) is 59.1 Å². The van der Waals surface area contributed by atoms with Crippen molar-refractivity contribution >= 4 is 16.6 Å². The lowest BCUT2D eigenvalue weighted by atomic mass is 10.1. The predicted octanol–water partition coefficient (Wildman–Crippen LogP) is 2.54. The molecule has 0 saturated carbocycles. The highest BCUT2D eigenvalue weighted by Crippen LogP contribution is 2.21. The third-order valence-electron chi connectivity index (χ3n) is 2.47. The second-order valence-corrected chi connectivity index (χ2v) is 3.72. The zero-order valence-electron chi connectivity index (χ0n) is 9.10. The van der Waals surface area contributed by atoms with Gasteiger partial charge in [0.25, 0.3) is 0 Å². The Hall–Kier alpha value is -2.03. The van der Waals surface area contributed by atoms with Crippen molar-refractivity contribution in [2.24, 2.45) is 5.73 Å². The Balaban J connectivity index is 2.29. The van der Waals surface area contributed by atoms with Gasteiger partial charge in [0.1, 0.15) is 11.6 Å². The first-order valence-corrected chi connectivity index (χ1v) is 5.16. The van der Waals surface area contributed by atoms with Crippen molar-refractivity contribution in [2.45, 2.75) is 13.0 Å². The first-order chi connectivity index (χ1) is 7.66. The minimum atomic E-state index is -0.388. The smallest absolute Gasteiger partial charge is 0.152 e. The van der Waals surface area contributed by atoms with E-state index in [1.165, 1.54) is 5.39 Å². The van der Waals surface area contributed by atoms with E-state index in [9.17, 15) is 0 Å². The van der Waals surface area contributed by atoms with Crippen molar-refractivity contribution < 1.29 is 4.74 Å². The van der Waals surface area contributed by atoms with Gasteiger partial charge in [-0.25, -0.2) is 0 Å². The number of amidine groups is 1. The lowest BCUT2D eigenvalue weighted by Crippen LogP contribution is -2.29. The molecule has 0 spiro atoms. The third kappa shape index (κ3) is 2.14. The van der Waals surface area contributed by atoms with Crippen molar-refractivity contribution in [3.8, 4) is 5.75 Å². The summed E-state index contributed by atoms with van der Waals surface area (Å²) in [6, 6.07) is 13.9. The number of fused-ring (bicyclic) bond motifs is 1. The van der Waals surface area contributed by atoms with E-state index < -0.39 is 0 Å². The van der Waals surface area contributed by atoms with Gasteiger partial charge in [-0.15, -0.1) is 0 Å². The minimum Gasteiger partial charge on any atom is -0.483 e. The van der Waals surface area contributed by atoms with Crippen molar-refractivity contribution in [1.82, 2.24) is 0 Å². The Morgan fingerprint density at radius 1 is 1.19 bits per heavy atom. The second-order valence-electron chi connectivity index (χ2n) is 3.72. The van der Waals surface area contributed by atoms with Gasteiger partial charge in [0.2, 0.25) is 0 Å². The molecule has 0 saturated heterocycles. The summed E-state index contributed by atoms with van der Waals surface area (Å²) in [7, 11) is 0. The Kier molecular flexibility index (Phi) is 2.77. The summed E-state index contributed by atoms with van der Waals surface area (Å²) in [5.41, 5.74) is 5.35. The maximum atomic E-state index is 7.27. The lowest BCUT2D eigenvalue weighted by Gasteiger charge is -2.13. The second kappa shape index (κ2) is 4.23. The van der Waals surface area contributed by atoms with Crippen molar-refractivity contribution in [1.29, 1.82) is 5.41 Å². The van der Waals surface area contributed by atoms with Crippen molar-refractivity contribution in [3.63, 3.8) is 0 Å². The molecule has 1 atom stereocenters. The maximum Gasteiger partial charge on any atom is 0.152 e. The zero-order valence-corrected chi connectivity index (χ0v) is 9.10. The molecule has 3 N–H and O–H groups in total. The number of hydrogen-bond donors (Lipinski definition) is 2. The molecule has 0 radical (unpaired) electrons. The van der Waals surface area contributed by atoms with E-state index in [-0.39, 0.29) is 11.9 Å². The van der Waals surface area contributed by atoms with Crippen LogP contribution in [0.2, 0.25) is 0 Å². The number of rotatable bonds is 3. The van der Waals surface area contributed by atoms with Crippen LogP contribution >= 0.6 is 0 Å². The van der Waals surface area contributed by atoms with Crippen LogP contribution in [-0.2, 0) is 0 Å². The first-order valence-electron chi connectivity index (χ1n) is 5.16. The fourth-order valence-corrected chi connectivity index (χ4v) is 1.51. The van der Waals surface area contributed by atoms with E-state index in [1.54, 1.807) is 6.92 Å². The lowest BCUT2D eigenvalue weighted by molar-refractivity contribution is 0.285. The number of nitrogens with two attached hydrogens (primary N) is 1. The van der Waals surface area contributed by atoms with Crippen molar-refractivity contribution in [3.05, 3.63) is 42.5 Å². The van der Waals surface area contributed by atoms with Gasteiger partial charge in [-0.1, -0.05) is 30.3 Å². The summed E-state index contributed by atoms with van der Waals surface area (Å²) < 4.78 is 5.53. The van der Waals surface area contributed by atoms with Gasteiger partial charge in [0, 0.05) is 0 Å². The van der Waals surface area contributed by atoms with Crippen LogP contribution in [0.3, 0.4) is 0 Å². The van der Waals surface area contributed by atoms with Crippen LogP contribution in [-0.4, -0.2) is 11.9 Å². The first kappa shape index (κ1) is 10.5. The summed E-state index contributed by atoms with van der Waals surface area (Å²) in [6.45, 7) is 1.76. The van der Waals surface area contributed by atoms with E-state index in [0.717, 1.165) is 11.1 Å². The Morgan fingerprint density at radius 3 is 2.56 bits per heavy atom. The molecule has 0 aliphatic rings. The largest absolute Gasteiger partial charge is 0.483 e. The summed E-state index contributed by atoms with van der Waals surface area (Å²) in [5.74, 6) is 0.773. The molecule has 0 fully saturated rings. The van der Waals surface area contributed by atoms with Crippen LogP contribution < -0.4 is 10.5 Å². The molecule has 1 unspecified atom stereocenters. The van der Waals surface area contributed by atoms with Gasteiger partial charge in [0.15, 0.2) is 6.10 Å². The fraction of sp³-hybridized carbons (Fsp3) is 0.154. The molecule has 0 heterocycles. The van der Waals surface area contributed by atoms with E-state index in [1.807, 2.05) is 42.5 Å². The highest BCUT2D eigenvalue weighted by atomic mass is 16.5. The van der Waals surface area contributed by atoms with Gasteiger partial charge in [0.05, 0.1) is 0 Å². The molecule has 82 valence electrons. The summed E-state index contributed by atoms with van der Waals surface area (Å²) >= 11 is 0. The average molecular weight is 214 g/mol. The molecule has 0 aliphatic heterocycles. The van der Waals surface area contributed by atoms with E-state index >= 15 is 0 Å². The highest BCUT2D eigenvalue weighted by molar-refractivity contribution is 5.84. The van der Waals surface area contributed by atoms with Crippen LogP contribution in [0, 0.1) is 5.41 Å². The number of benzene rings is 2. The standard InChI is InChI=1S/C13H14N2O/c1-9(13(14)15)16-12-7-6-10-4-2-3-5-11(10)8-12/h2-9H,1H3,(H3,14,15). The summed E-state index contributed by atoms with van der Waals surface area (Å²) in [5, 5.41) is 9.56. The molecule has 0 bridgehead atoms. The SMILES string of the molecule is CC(Oc1ccc2ccccc2c1)C(=N)N. The summed E-state index contributed by atoms with van der Waals surface area (Å²) in [6.07, 6.45) is -0.388. The minimum absolute atomic E-state index is 0.0353. The average Bonchev–Trinajstić information content (AvgIpc) is 2.28. The Labute approximate surface area is 94.3 Å². The number of nitrogens with one attached hydrogen (secondary N) is 1. The normalized spacial score (nSPS) is 12.3. The Bertz CT molecular complexity index is 522. The monoisotopic (exact) mass is 214 g/mol. The molecule has 0 aliphatic carbocycles. The fourth-order valence-electron chi connectivity index (χ4n) is 1.51. The third-order valence-corrected chi connectivity index (χ3v) is 2.47. The summed E-state index contributed by atoms with van der Waals surface area (Å²) in [4.78, 5) is 0. The van der Waals surface area contributed by atoms with Crippen LogP contribution in [0.15, 0.2) is 42.5 Å². The molecule has 16 heavy (non-hydrogen) atoms. The predicted molar refractivity (Wildman–Crippen MR) is 66.0 cm³/mol. The van der Waals surface area contributed by atoms with Gasteiger partial charge in [-0.3, -0.25) is 5.41 Å². The van der Waals surface area contributed by atoms with Gasteiger partial charge < -0.3 is 10.5 Å². The van der Waals surface area contributed by atoms with E-state index in [2.05, 4.69) is 0 Å². The molecule has 2 aromatic carbocycles. The Morgan fingerprint density at radius 2 is 1.88 bits per heavy atom. The van der Waals surface area contributed by atoms with Crippen LogP contribution in [0.25, 0.3) is 10.8 Å². The molecule has 3 nitrogen and oxygen atoms in total. The molecular weight excluding hydrogens is 200 g/mol.